The largest absolute Gasteiger partial charge is 0.497 e. The molecule has 1 aliphatic heterocycles. The van der Waals surface area contributed by atoms with E-state index in [1.807, 2.05) is 37.3 Å². The number of benzene rings is 2. The van der Waals surface area contributed by atoms with Crippen LogP contribution < -0.4 is 15.0 Å². The molecule has 29 heavy (non-hydrogen) atoms. The lowest BCUT2D eigenvalue weighted by molar-refractivity contribution is 0.400. The zero-order chi connectivity index (χ0) is 20.1. The Balaban J connectivity index is 1.41. The van der Waals surface area contributed by atoms with Gasteiger partial charge in [-0.25, -0.2) is 4.98 Å². The van der Waals surface area contributed by atoms with Crippen molar-refractivity contribution < 1.29 is 4.74 Å². The average Bonchev–Trinajstić information content (AvgIpc) is 2.75. The van der Waals surface area contributed by atoms with Crippen molar-refractivity contribution in [3.05, 3.63) is 71.9 Å². The molecule has 2 heterocycles. The van der Waals surface area contributed by atoms with Crippen molar-refractivity contribution in [1.82, 2.24) is 9.97 Å². The van der Waals surface area contributed by atoms with Gasteiger partial charge >= 0.3 is 0 Å². The topological polar surface area (TPSA) is 50.3 Å². The quantitative estimate of drug-likeness (QED) is 0.644. The molecule has 1 saturated heterocycles. The monoisotopic (exact) mass is 388 g/mol. The van der Waals surface area contributed by atoms with E-state index in [0.29, 0.717) is 0 Å². The van der Waals surface area contributed by atoms with Gasteiger partial charge in [0.2, 0.25) is 5.95 Å². The Morgan fingerprint density at radius 2 is 1.79 bits per heavy atom. The fraction of sp³-hybridized carbons (Fsp3) is 0.333. The van der Waals surface area contributed by atoms with E-state index in [2.05, 4.69) is 40.5 Å². The lowest BCUT2D eigenvalue weighted by Gasteiger charge is -2.32. The number of rotatable bonds is 6. The van der Waals surface area contributed by atoms with Crippen molar-refractivity contribution in [3.8, 4) is 5.75 Å². The molecular weight excluding hydrogens is 360 g/mol. The van der Waals surface area contributed by atoms with Crippen LogP contribution in [-0.4, -0.2) is 30.2 Å². The van der Waals surface area contributed by atoms with Gasteiger partial charge in [-0.2, -0.15) is 4.98 Å². The smallest absolute Gasteiger partial charge is 0.227 e. The number of anilines is 3. The number of aromatic nitrogens is 2. The summed E-state index contributed by atoms with van der Waals surface area (Å²) in [6, 6.07) is 20.6. The number of piperidine rings is 1. The van der Waals surface area contributed by atoms with Crippen LogP contribution in [0.3, 0.4) is 0 Å². The summed E-state index contributed by atoms with van der Waals surface area (Å²) in [5.41, 5.74) is 3.35. The second kappa shape index (κ2) is 8.95. The fourth-order valence-electron chi connectivity index (χ4n) is 3.89. The van der Waals surface area contributed by atoms with E-state index < -0.39 is 0 Å². The third-order valence-electron chi connectivity index (χ3n) is 5.45. The summed E-state index contributed by atoms with van der Waals surface area (Å²) in [6.45, 7) is 4.02. The van der Waals surface area contributed by atoms with Crippen LogP contribution in [0.15, 0.2) is 60.7 Å². The van der Waals surface area contributed by atoms with E-state index in [-0.39, 0.29) is 0 Å². The second-order valence-electron chi connectivity index (χ2n) is 7.67. The number of methoxy groups -OCH3 is 1. The first kappa shape index (κ1) is 19.2. The normalized spacial score (nSPS) is 14.6. The number of hydrogen-bond donors (Lipinski definition) is 1. The van der Waals surface area contributed by atoms with Gasteiger partial charge in [-0.05, 0) is 49.8 Å². The molecule has 3 aromatic rings. The van der Waals surface area contributed by atoms with E-state index in [0.717, 1.165) is 54.3 Å². The van der Waals surface area contributed by atoms with Crippen LogP contribution in [0.1, 0.15) is 24.1 Å². The summed E-state index contributed by atoms with van der Waals surface area (Å²) in [5.74, 6) is 3.18. The van der Waals surface area contributed by atoms with Crippen LogP contribution in [0.25, 0.3) is 0 Å². The maximum absolute atomic E-state index is 5.31. The second-order valence-corrected chi connectivity index (χ2v) is 7.67. The first-order chi connectivity index (χ1) is 14.2. The number of hydrogen-bond acceptors (Lipinski definition) is 5. The first-order valence-corrected chi connectivity index (χ1v) is 10.3. The summed E-state index contributed by atoms with van der Waals surface area (Å²) in [4.78, 5) is 11.8. The molecule has 0 saturated carbocycles. The molecule has 1 aromatic heterocycles. The average molecular weight is 389 g/mol. The van der Waals surface area contributed by atoms with Crippen LogP contribution in [0.2, 0.25) is 0 Å². The molecule has 4 rings (SSSR count). The zero-order valence-electron chi connectivity index (χ0n) is 17.1. The van der Waals surface area contributed by atoms with Gasteiger partial charge < -0.3 is 15.0 Å². The highest BCUT2D eigenvalue weighted by Crippen LogP contribution is 2.26. The Morgan fingerprint density at radius 1 is 1.00 bits per heavy atom. The Morgan fingerprint density at radius 3 is 2.55 bits per heavy atom. The van der Waals surface area contributed by atoms with E-state index in [9.17, 15) is 0 Å². The van der Waals surface area contributed by atoms with Gasteiger partial charge in [0.25, 0.3) is 0 Å². The van der Waals surface area contributed by atoms with Crippen LogP contribution in [-0.2, 0) is 6.42 Å². The predicted octanol–water partition coefficient (Wildman–Crippen LogP) is 5.00. The van der Waals surface area contributed by atoms with Crippen molar-refractivity contribution >= 4 is 17.5 Å². The molecule has 0 unspecified atom stereocenters. The number of nitrogens with zero attached hydrogens (tertiary/aromatic N) is 3. The van der Waals surface area contributed by atoms with Gasteiger partial charge in [0, 0.05) is 36.6 Å². The highest BCUT2D eigenvalue weighted by atomic mass is 16.5. The van der Waals surface area contributed by atoms with Crippen molar-refractivity contribution in [3.63, 3.8) is 0 Å². The Kier molecular flexibility index (Phi) is 5.94. The summed E-state index contributed by atoms with van der Waals surface area (Å²) in [5, 5.41) is 3.38. The molecule has 1 N–H and O–H groups in total. The Bertz CT molecular complexity index is 937. The standard InChI is InChI=1S/C24H28N4O/c1-18-15-23(26-21-9-6-10-22(17-21)29-2)27-24(25-18)28-13-11-20(12-14-28)16-19-7-4-3-5-8-19/h3-10,15,17,20H,11-14,16H2,1-2H3,(H,25,26,27). The molecule has 1 aliphatic rings. The molecule has 150 valence electrons. The van der Waals surface area contributed by atoms with Gasteiger partial charge in [-0.15, -0.1) is 0 Å². The fourth-order valence-corrected chi connectivity index (χ4v) is 3.89. The molecular formula is C24H28N4O. The molecule has 0 spiro atoms. The highest BCUT2D eigenvalue weighted by Gasteiger charge is 2.21. The maximum Gasteiger partial charge on any atom is 0.227 e. The van der Waals surface area contributed by atoms with Crippen LogP contribution in [0.5, 0.6) is 5.75 Å². The molecule has 5 nitrogen and oxygen atoms in total. The summed E-state index contributed by atoms with van der Waals surface area (Å²) in [7, 11) is 1.67. The van der Waals surface area contributed by atoms with Gasteiger partial charge in [0.15, 0.2) is 0 Å². The molecule has 0 amide bonds. The van der Waals surface area contributed by atoms with Crippen LogP contribution in [0.4, 0.5) is 17.5 Å². The molecule has 0 bridgehead atoms. The lowest BCUT2D eigenvalue weighted by Crippen LogP contribution is -2.35. The van der Waals surface area contributed by atoms with E-state index >= 15 is 0 Å². The van der Waals surface area contributed by atoms with E-state index in [4.69, 9.17) is 14.7 Å². The highest BCUT2D eigenvalue weighted by molar-refractivity contribution is 5.59. The van der Waals surface area contributed by atoms with Crippen molar-refractivity contribution in [2.45, 2.75) is 26.2 Å². The van der Waals surface area contributed by atoms with Gasteiger partial charge in [0.05, 0.1) is 7.11 Å². The van der Waals surface area contributed by atoms with Crippen molar-refractivity contribution in [2.75, 3.05) is 30.4 Å². The van der Waals surface area contributed by atoms with Crippen molar-refractivity contribution in [2.24, 2.45) is 5.92 Å². The maximum atomic E-state index is 5.31. The molecule has 0 aliphatic carbocycles. The number of nitrogens with one attached hydrogen (secondary N) is 1. The minimum absolute atomic E-state index is 0.729. The first-order valence-electron chi connectivity index (χ1n) is 10.3. The number of aryl methyl sites for hydroxylation is 1. The van der Waals surface area contributed by atoms with Gasteiger partial charge in [-0.1, -0.05) is 36.4 Å². The predicted molar refractivity (Wildman–Crippen MR) is 118 cm³/mol. The number of ether oxygens (including phenoxy) is 1. The third-order valence-corrected chi connectivity index (χ3v) is 5.45. The Hall–Kier alpha value is -3.08. The molecule has 1 fully saturated rings. The van der Waals surface area contributed by atoms with E-state index in [1.54, 1.807) is 7.11 Å². The van der Waals surface area contributed by atoms with Gasteiger partial charge in [0.1, 0.15) is 11.6 Å². The summed E-state index contributed by atoms with van der Waals surface area (Å²) in [6.07, 6.45) is 3.50. The van der Waals surface area contributed by atoms with Crippen molar-refractivity contribution in [1.29, 1.82) is 0 Å². The third kappa shape index (κ3) is 5.05. The van der Waals surface area contributed by atoms with Crippen LogP contribution in [0, 0.1) is 12.8 Å². The minimum Gasteiger partial charge on any atom is -0.497 e. The lowest BCUT2D eigenvalue weighted by atomic mass is 9.90. The van der Waals surface area contributed by atoms with Gasteiger partial charge in [-0.3, -0.25) is 0 Å². The zero-order valence-corrected chi connectivity index (χ0v) is 17.1. The summed E-state index contributed by atoms with van der Waals surface area (Å²) >= 11 is 0. The Labute approximate surface area is 172 Å². The van der Waals surface area contributed by atoms with E-state index in [1.165, 1.54) is 18.4 Å². The molecule has 0 radical (unpaired) electrons. The summed E-state index contributed by atoms with van der Waals surface area (Å²) < 4.78 is 5.31. The molecule has 0 atom stereocenters. The minimum atomic E-state index is 0.729. The van der Waals surface area contributed by atoms with Crippen LogP contribution >= 0.6 is 0 Å². The molecule has 5 heteroatoms. The SMILES string of the molecule is COc1cccc(Nc2cc(C)nc(N3CCC(Cc4ccccc4)CC3)n2)c1. The molecule has 2 aromatic carbocycles.